The Bertz CT molecular complexity index is 1000. The first-order chi connectivity index (χ1) is 15.5. The van der Waals surface area contributed by atoms with Gasteiger partial charge < -0.3 is 4.90 Å². The van der Waals surface area contributed by atoms with Crippen molar-refractivity contribution in [3.8, 4) is 0 Å². The van der Waals surface area contributed by atoms with E-state index in [1.54, 1.807) is 24.5 Å². The monoisotopic (exact) mass is 436 g/mol. The Labute approximate surface area is 187 Å². The number of hydrogen-bond acceptors (Lipinski definition) is 6. The van der Waals surface area contributed by atoms with Crippen molar-refractivity contribution < 1.29 is 14.5 Å². The normalized spacial score (nSPS) is 13.8. The van der Waals surface area contributed by atoms with Crippen LogP contribution in [0.2, 0.25) is 0 Å². The minimum Gasteiger partial charge on any atom is -0.366 e. The largest absolute Gasteiger partial charge is 0.366 e. The van der Waals surface area contributed by atoms with Crippen LogP contribution in [0.5, 0.6) is 0 Å². The number of non-ortho nitro benzene ring substituents is 1. The molecule has 2 heterocycles. The summed E-state index contributed by atoms with van der Waals surface area (Å²) in [5.74, 6) is -0.631. The summed E-state index contributed by atoms with van der Waals surface area (Å²) in [6, 6.07) is 9.68. The highest BCUT2D eigenvalue weighted by Crippen LogP contribution is 2.32. The number of likely N-dealkylation sites (N-methyl/N-ethyl adjacent to an activating group) is 1. The third-order valence-electron chi connectivity index (χ3n) is 5.61. The molecule has 1 aliphatic heterocycles. The Hall–Kier alpha value is -3.55. The molecule has 1 aliphatic rings. The van der Waals surface area contributed by atoms with Crippen LogP contribution >= 0.6 is 0 Å². The summed E-state index contributed by atoms with van der Waals surface area (Å²) < 4.78 is 0. The first-order valence-electron chi connectivity index (χ1n) is 11.0. The van der Waals surface area contributed by atoms with Gasteiger partial charge in [-0.1, -0.05) is 19.8 Å². The topological polar surface area (TPSA) is 96.7 Å². The number of rotatable bonds is 11. The van der Waals surface area contributed by atoms with Crippen molar-refractivity contribution in [1.29, 1.82) is 0 Å². The molecule has 0 radical (unpaired) electrons. The first kappa shape index (κ1) is 23.1. The predicted molar refractivity (Wildman–Crippen MR) is 121 cm³/mol. The molecule has 1 aromatic carbocycles. The van der Waals surface area contributed by atoms with Crippen LogP contribution in [0.3, 0.4) is 0 Å². The Kier molecular flexibility index (Phi) is 7.70. The molecule has 0 N–H and O–H groups in total. The molecule has 2 amide bonds. The van der Waals surface area contributed by atoms with Gasteiger partial charge in [0, 0.05) is 44.2 Å². The average molecular weight is 437 g/mol. The number of nitro benzene ring substituents is 1. The van der Waals surface area contributed by atoms with Crippen LogP contribution in [0.25, 0.3) is 5.57 Å². The molecule has 0 saturated carbocycles. The van der Waals surface area contributed by atoms with E-state index >= 15 is 0 Å². The molecule has 3 rings (SSSR count). The number of imide groups is 1. The Morgan fingerprint density at radius 3 is 2.28 bits per heavy atom. The van der Waals surface area contributed by atoms with Crippen molar-refractivity contribution in [3.05, 3.63) is 75.7 Å². The Morgan fingerprint density at radius 1 is 1.00 bits per heavy atom. The average Bonchev–Trinajstić information content (AvgIpc) is 3.05. The number of nitro groups is 1. The van der Waals surface area contributed by atoms with Crippen molar-refractivity contribution in [2.75, 3.05) is 19.6 Å². The molecule has 0 spiro atoms. The van der Waals surface area contributed by atoms with E-state index in [0.717, 1.165) is 24.8 Å². The van der Waals surface area contributed by atoms with Crippen LogP contribution in [-0.2, 0) is 16.0 Å². The molecule has 0 bridgehead atoms. The molecule has 0 aliphatic carbocycles. The minimum atomic E-state index is -0.481. The zero-order valence-electron chi connectivity index (χ0n) is 18.5. The van der Waals surface area contributed by atoms with E-state index in [9.17, 15) is 19.7 Å². The number of aromatic nitrogens is 1. The Balaban J connectivity index is 1.96. The van der Waals surface area contributed by atoms with Gasteiger partial charge >= 0.3 is 0 Å². The highest BCUT2D eigenvalue weighted by Gasteiger charge is 2.40. The zero-order valence-corrected chi connectivity index (χ0v) is 18.5. The molecule has 0 fully saturated rings. The van der Waals surface area contributed by atoms with Crippen molar-refractivity contribution in [3.63, 3.8) is 0 Å². The highest BCUT2D eigenvalue weighted by atomic mass is 16.6. The van der Waals surface area contributed by atoms with Gasteiger partial charge in [-0.15, -0.1) is 0 Å². The van der Waals surface area contributed by atoms with Crippen LogP contribution in [0, 0.1) is 10.1 Å². The molecular formula is C24H28N4O4. The fourth-order valence-electron chi connectivity index (χ4n) is 3.83. The maximum Gasteiger partial charge on any atom is 0.277 e. The summed E-state index contributed by atoms with van der Waals surface area (Å²) in [5.41, 5.74) is 2.24. The SMILES string of the molecule is CCCCCN1C(=O)C(c2ccc([N+](=O)[O-])cc2)=C(N(CC)CCc2ccncc2)C1=O. The van der Waals surface area contributed by atoms with E-state index in [1.165, 1.54) is 17.0 Å². The van der Waals surface area contributed by atoms with Crippen LogP contribution in [0.15, 0.2) is 54.5 Å². The van der Waals surface area contributed by atoms with Crippen LogP contribution in [0.4, 0.5) is 5.69 Å². The number of nitrogens with zero attached hydrogens (tertiary/aromatic N) is 4. The zero-order chi connectivity index (χ0) is 23.1. The van der Waals surface area contributed by atoms with Gasteiger partial charge in [-0.3, -0.25) is 29.6 Å². The van der Waals surface area contributed by atoms with E-state index in [-0.39, 0.29) is 17.5 Å². The third-order valence-corrected chi connectivity index (χ3v) is 5.61. The standard InChI is InChI=1S/C24H28N4O4/c1-3-5-6-16-27-23(29)21(19-7-9-20(10-8-19)28(31)32)22(24(27)30)26(4-2)17-13-18-11-14-25-15-12-18/h7-12,14-15H,3-6,13,16-17H2,1-2H3. The summed E-state index contributed by atoms with van der Waals surface area (Å²) in [7, 11) is 0. The quantitative estimate of drug-likeness (QED) is 0.230. The Morgan fingerprint density at radius 2 is 1.69 bits per heavy atom. The summed E-state index contributed by atoms with van der Waals surface area (Å²) in [6.07, 6.45) is 6.82. The maximum absolute atomic E-state index is 13.4. The van der Waals surface area contributed by atoms with Gasteiger partial charge in [-0.2, -0.15) is 0 Å². The lowest BCUT2D eigenvalue weighted by atomic mass is 10.0. The lowest BCUT2D eigenvalue weighted by Gasteiger charge is -2.25. The van der Waals surface area contributed by atoms with Gasteiger partial charge in [0.1, 0.15) is 5.70 Å². The summed E-state index contributed by atoms with van der Waals surface area (Å²) >= 11 is 0. The lowest BCUT2D eigenvalue weighted by Crippen LogP contribution is -2.36. The molecule has 0 saturated heterocycles. The number of unbranched alkanes of at least 4 members (excludes halogenated alkanes) is 2. The molecule has 1 aromatic heterocycles. The second-order valence-corrected chi connectivity index (χ2v) is 7.68. The van der Waals surface area contributed by atoms with Gasteiger partial charge in [0.2, 0.25) is 0 Å². The fourth-order valence-corrected chi connectivity index (χ4v) is 3.83. The molecule has 168 valence electrons. The second kappa shape index (κ2) is 10.7. The van der Waals surface area contributed by atoms with Gasteiger partial charge in [-0.25, -0.2) is 0 Å². The van der Waals surface area contributed by atoms with Gasteiger partial charge in [0.15, 0.2) is 0 Å². The molecule has 32 heavy (non-hydrogen) atoms. The molecule has 0 atom stereocenters. The van der Waals surface area contributed by atoms with E-state index < -0.39 is 4.92 Å². The number of amides is 2. The van der Waals surface area contributed by atoms with Gasteiger partial charge in [0.05, 0.1) is 10.5 Å². The number of carbonyl (C=O) groups excluding carboxylic acids is 2. The van der Waals surface area contributed by atoms with Gasteiger partial charge in [0.25, 0.3) is 17.5 Å². The minimum absolute atomic E-state index is 0.0579. The fraction of sp³-hybridized carbons (Fsp3) is 0.375. The molecule has 8 nitrogen and oxygen atoms in total. The van der Waals surface area contributed by atoms with Crippen molar-refractivity contribution in [1.82, 2.24) is 14.8 Å². The third kappa shape index (κ3) is 5.01. The van der Waals surface area contributed by atoms with Crippen molar-refractivity contribution in [2.45, 2.75) is 39.5 Å². The van der Waals surface area contributed by atoms with E-state index in [0.29, 0.717) is 42.9 Å². The summed E-state index contributed by atoms with van der Waals surface area (Å²) in [5, 5.41) is 11.0. The van der Waals surface area contributed by atoms with Crippen LogP contribution in [0.1, 0.15) is 44.2 Å². The predicted octanol–water partition coefficient (Wildman–Crippen LogP) is 3.82. The molecular weight excluding hydrogens is 408 g/mol. The highest BCUT2D eigenvalue weighted by molar-refractivity contribution is 6.35. The number of benzene rings is 1. The number of hydrogen-bond donors (Lipinski definition) is 0. The second-order valence-electron chi connectivity index (χ2n) is 7.68. The maximum atomic E-state index is 13.4. The van der Waals surface area contributed by atoms with Crippen LogP contribution in [-0.4, -0.2) is 51.2 Å². The van der Waals surface area contributed by atoms with Crippen LogP contribution < -0.4 is 0 Å². The van der Waals surface area contributed by atoms with E-state index in [1.807, 2.05) is 24.0 Å². The van der Waals surface area contributed by atoms with Gasteiger partial charge in [-0.05, 0) is 55.2 Å². The number of pyridine rings is 1. The molecule has 8 heteroatoms. The van der Waals surface area contributed by atoms with Crippen molar-refractivity contribution >= 4 is 23.1 Å². The lowest BCUT2D eigenvalue weighted by molar-refractivity contribution is -0.384. The van der Waals surface area contributed by atoms with E-state index in [4.69, 9.17) is 0 Å². The first-order valence-corrected chi connectivity index (χ1v) is 11.0. The summed E-state index contributed by atoms with van der Waals surface area (Å²) in [4.78, 5) is 44.5. The van der Waals surface area contributed by atoms with Crippen molar-refractivity contribution in [2.24, 2.45) is 0 Å². The molecule has 2 aromatic rings. The number of carbonyl (C=O) groups is 2. The molecule has 0 unspecified atom stereocenters. The summed E-state index contributed by atoms with van der Waals surface area (Å²) in [6.45, 7) is 5.50. The van der Waals surface area contributed by atoms with E-state index in [2.05, 4.69) is 11.9 Å². The smallest absolute Gasteiger partial charge is 0.277 e.